The first-order valence-corrected chi connectivity index (χ1v) is 8.26. The van der Waals surface area contributed by atoms with E-state index in [0.717, 1.165) is 0 Å². The van der Waals surface area contributed by atoms with E-state index in [0.29, 0.717) is 0 Å². The summed E-state index contributed by atoms with van der Waals surface area (Å²) >= 11 is 0. The van der Waals surface area contributed by atoms with Crippen LogP contribution in [0.5, 0.6) is 0 Å². The third kappa shape index (κ3) is 3.63. The van der Waals surface area contributed by atoms with Crippen molar-refractivity contribution in [2.75, 3.05) is 18.4 Å². The summed E-state index contributed by atoms with van der Waals surface area (Å²) in [5.74, 6) is -6.17. The molecule has 2 N–H and O–H groups in total. The molecule has 0 fully saturated rings. The van der Waals surface area contributed by atoms with Crippen molar-refractivity contribution >= 4 is 17.5 Å². The number of H-pyrrole nitrogens is 1. The molecule has 1 aliphatic rings. The Balaban J connectivity index is 2.07. The number of nitrogens with one attached hydrogen (secondary N) is 2. The van der Waals surface area contributed by atoms with Gasteiger partial charge in [0.1, 0.15) is 5.69 Å². The van der Waals surface area contributed by atoms with Crippen molar-refractivity contribution in [3.05, 3.63) is 81.1 Å². The number of aromatic amines is 1. The molecule has 0 aliphatic carbocycles. The zero-order valence-corrected chi connectivity index (χ0v) is 14.4. The second-order valence-corrected chi connectivity index (χ2v) is 5.72. The molecule has 0 saturated heterocycles. The first-order valence-electron chi connectivity index (χ1n) is 8.26. The van der Waals surface area contributed by atoms with Crippen molar-refractivity contribution in [3.63, 3.8) is 0 Å². The largest absolute Gasteiger partial charge is 0.380 e. The van der Waals surface area contributed by atoms with Crippen LogP contribution in [0.25, 0.3) is 16.0 Å². The summed E-state index contributed by atoms with van der Waals surface area (Å²) in [5, 5.41) is 5.58. The highest BCUT2D eigenvalue weighted by Gasteiger charge is 2.29. The molecule has 0 amide bonds. The summed E-state index contributed by atoms with van der Waals surface area (Å²) in [6.45, 7) is 0.0336. The average molecular weight is 390 g/mol. The number of anilines is 1. The summed E-state index contributed by atoms with van der Waals surface area (Å²) < 4.78 is 58.7. The molecule has 1 aliphatic heterocycles. The lowest BCUT2D eigenvalue weighted by Gasteiger charge is -2.16. The van der Waals surface area contributed by atoms with Gasteiger partial charge in [0, 0.05) is 41.7 Å². The van der Waals surface area contributed by atoms with Crippen molar-refractivity contribution in [1.29, 1.82) is 0 Å². The Hall–Kier alpha value is -3.52. The van der Waals surface area contributed by atoms with E-state index in [1.54, 1.807) is 12.1 Å². The molecule has 2 heterocycles. The van der Waals surface area contributed by atoms with Gasteiger partial charge >= 0.3 is 0 Å². The van der Waals surface area contributed by atoms with Gasteiger partial charge in [0.05, 0.1) is 11.3 Å². The summed E-state index contributed by atoms with van der Waals surface area (Å²) in [6.07, 6.45) is 6.17. The highest BCUT2D eigenvalue weighted by atomic mass is 19.2. The van der Waals surface area contributed by atoms with E-state index < -0.39 is 34.5 Å². The minimum Gasteiger partial charge on any atom is -0.380 e. The summed E-state index contributed by atoms with van der Waals surface area (Å²) in [4.78, 5) is 9.32. The number of azide groups is 1. The van der Waals surface area contributed by atoms with Crippen LogP contribution < -0.4 is 5.32 Å². The Labute approximate surface area is 156 Å². The SMILES string of the molecule is [N-]=[N+]=NCCCNc1c(F)c(F)c(/C(=C2\C=CC=N2)c2ccc[nH]2)c(F)c1F. The van der Waals surface area contributed by atoms with Gasteiger partial charge in [-0.3, -0.25) is 4.99 Å². The molecule has 28 heavy (non-hydrogen) atoms. The van der Waals surface area contributed by atoms with Crippen LogP contribution in [0.4, 0.5) is 23.2 Å². The fraction of sp³-hybridized carbons (Fsp3) is 0.167. The number of nitrogens with zero attached hydrogens (tertiary/aromatic N) is 4. The number of hydrogen-bond donors (Lipinski definition) is 2. The molecule has 0 saturated carbocycles. The molecule has 0 spiro atoms. The topological polar surface area (TPSA) is 88.9 Å². The molecule has 0 radical (unpaired) electrons. The third-order valence-corrected chi connectivity index (χ3v) is 3.99. The van der Waals surface area contributed by atoms with Crippen LogP contribution in [0.2, 0.25) is 0 Å². The second-order valence-electron chi connectivity index (χ2n) is 5.72. The Bertz CT molecular complexity index is 974. The lowest BCUT2D eigenvalue weighted by molar-refractivity contribution is 0.454. The molecule has 2 aromatic rings. The van der Waals surface area contributed by atoms with Crippen molar-refractivity contribution in [1.82, 2.24) is 4.98 Å². The van der Waals surface area contributed by atoms with Gasteiger partial charge in [-0.05, 0) is 36.2 Å². The maximum absolute atomic E-state index is 14.8. The van der Waals surface area contributed by atoms with E-state index in [2.05, 4.69) is 25.3 Å². The second kappa shape index (κ2) is 8.45. The first-order chi connectivity index (χ1) is 13.6. The van der Waals surface area contributed by atoms with Gasteiger partial charge < -0.3 is 10.3 Å². The summed E-state index contributed by atoms with van der Waals surface area (Å²) in [6, 6.07) is 3.10. The predicted molar refractivity (Wildman–Crippen MR) is 97.8 cm³/mol. The minimum atomic E-state index is -1.55. The maximum atomic E-state index is 14.8. The van der Waals surface area contributed by atoms with E-state index in [1.165, 1.54) is 24.6 Å². The van der Waals surface area contributed by atoms with Gasteiger partial charge in [-0.2, -0.15) is 0 Å². The zero-order chi connectivity index (χ0) is 20.1. The monoisotopic (exact) mass is 390 g/mol. The molecule has 1 aromatic carbocycles. The molecule has 1 aromatic heterocycles. The van der Waals surface area contributed by atoms with Crippen LogP contribution >= 0.6 is 0 Å². The Morgan fingerprint density at radius 3 is 2.50 bits per heavy atom. The number of rotatable bonds is 7. The molecule has 144 valence electrons. The van der Waals surface area contributed by atoms with Crippen LogP contribution in [0.3, 0.4) is 0 Å². The molecule has 10 heteroatoms. The van der Waals surface area contributed by atoms with Gasteiger partial charge in [-0.1, -0.05) is 5.11 Å². The standard InChI is InChI=1S/C18H14F4N6/c19-14-13(12(10-4-1-6-24-10)11-5-2-7-25-11)15(20)17(22)18(16(14)21)26-8-3-9-27-28-23/h1-2,4-7,24,26H,3,8-9H2/b12-11+. The highest BCUT2D eigenvalue weighted by Crippen LogP contribution is 2.37. The Morgan fingerprint density at radius 2 is 1.93 bits per heavy atom. The van der Waals surface area contributed by atoms with Gasteiger partial charge in [-0.15, -0.1) is 0 Å². The lowest BCUT2D eigenvalue weighted by atomic mass is 9.98. The minimum absolute atomic E-state index is 0.0390. The maximum Gasteiger partial charge on any atom is 0.185 e. The van der Waals surface area contributed by atoms with Crippen molar-refractivity contribution in [2.45, 2.75) is 6.42 Å². The normalized spacial score (nSPS) is 14.3. The molecule has 6 nitrogen and oxygen atoms in total. The molecule has 0 unspecified atom stereocenters. The highest BCUT2D eigenvalue weighted by molar-refractivity contribution is 5.88. The first kappa shape index (κ1) is 19.2. The smallest absolute Gasteiger partial charge is 0.185 e. The molecule has 0 atom stereocenters. The molecule has 0 bridgehead atoms. The Kier molecular flexibility index (Phi) is 5.81. The Morgan fingerprint density at radius 1 is 1.18 bits per heavy atom. The van der Waals surface area contributed by atoms with E-state index in [1.807, 2.05) is 0 Å². The van der Waals surface area contributed by atoms with Crippen LogP contribution in [-0.2, 0) is 0 Å². The van der Waals surface area contributed by atoms with E-state index in [9.17, 15) is 17.6 Å². The average Bonchev–Trinajstić information content (AvgIpc) is 3.40. The summed E-state index contributed by atoms with van der Waals surface area (Å²) in [7, 11) is 0. The van der Waals surface area contributed by atoms with Crippen molar-refractivity contribution < 1.29 is 17.6 Å². The fourth-order valence-corrected chi connectivity index (χ4v) is 2.75. The number of hydrogen-bond acceptors (Lipinski definition) is 3. The van der Waals surface area contributed by atoms with E-state index >= 15 is 0 Å². The van der Waals surface area contributed by atoms with Crippen molar-refractivity contribution in [2.24, 2.45) is 10.1 Å². The van der Waals surface area contributed by atoms with Crippen LogP contribution in [-0.4, -0.2) is 24.3 Å². The number of benzene rings is 1. The number of halogens is 4. The third-order valence-electron chi connectivity index (χ3n) is 3.99. The molecule has 3 rings (SSSR count). The van der Waals surface area contributed by atoms with Gasteiger partial charge in [-0.25, -0.2) is 17.6 Å². The lowest BCUT2D eigenvalue weighted by Crippen LogP contribution is -2.13. The van der Waals surface area contributed by atoms with E-state index in [-0.39, 0.29) is 36.5 Å². The summed E-state index contributed by atoms with van der Waals surface area (Å²) in [5.41, 5.74) is 6.74. The van der Waals surface area contributed by atoms with Crippen LogP contribution in [0.15, 0.2) is 46.3 Å². The number of aromatic nitrogens is 1. The molecular formula is C18H14F4N6. The number of aliphatic imine (C=N–C) groups is 1. The van der Waals surface area contributed by atoms with Crippen LogP contribution in [0, 0.1) is 23.3 Å². The van der Waals surface area contributed by atoms with Crippen molar-refractivity contribution in [3.8, 4) is 0 Å². The number of allylic oxidation sites excluding steroid dienone is 2. The fourth-order valence-electron chi connectivity index (χ4n) is 2.75. The van der Waals surface area contributed by atoms with Crippen LogP contribution in [0.1, 0.15) is 17.7 Å². The quantitative estimate of drug-likeness (QED) is 0.169. The zero-order valence-electron chi connectivity index (χ0n) is 14.4. The van der Waals surface area contributed by atoms with E-state index in [4.69, 9.17) is 5.53 Å². The van der Waals surface area contributed by atoms with Gasteiger partial charge in [0.15, 0.2) is 23.3 Å². The van der Waals surface area contributed by atoms with Gasteiger partial charge in [0.25, 0.3) is 0 Å². The molecular weight excluding hydrogens is 376 g/mol. The van der Waals surface area contributed by atoms with Gasteiger partial charge in [0.2, 0.25) is 0 Å². The predicted octanol–water partition coefficient (Wildman–Crippen LogP) is 5.08.